The van der Waals surface area contributed by atoms with Gasteiger partial charge in [-0.15, -0.1) is 5.10 Å². The number of aromatic nitrogens is 5. The molecule has 0 spiro atoms. The third kappa shape index (κ3) is 5.09. The van der Waals surface area contributed by atoms with Crippen molar-refractivity contribution in [1.82, 2.24) is 30.3 Å². The maximum Gasteiger partial charge on any atom is 0.232 e. The first-order valence-electron chi connectivity index (χ1n) is 11.7. The SMILES string of the molecule is C[C@@H]1CN(c2ccc(Nc3ncc4nnn(Cc5ccccc5N(C)S(C)(=O)=O)c4n3)cc2)CCN1. The van der Waals surface area contributed by atoms with Crippen molar-refractivity contribution in [2.75, 3.05) is 47.5 Å². The fourth-order valence-corrected chi connectivity index (χ4v) is 4.82. The van der Waals surface area contributed by atoms with Gasteiger partial charge in [-0.1, -0.05) is 23.4 Å². The van der Waals surface area contributed by atoms with Gasteiger partial charge in [0.25, 0.3) is 0 Å². The lowest BCUT2D eigenvalue weighted by Gasteiger charge is -2.33. The lowest BCUT2D eigenvalue weighted by Crippen LogP contribution is -2.49. The summed E-state index contributed by atoms with van der Waals surface area (Å²) in [5.74, 6) is 0.427. The van der Waals surface area contributed by atoms with E-state index in [0.29, 0.717) is 35.4 Å². The van der Waals surface area contributed by atoms with E-state index in [0.717, 1.165) is 30.9 Å². The quantitative estimate of drug-likeness (QED) is 0.388. The molecule has 1 fully saturated rings. The standard InChI is InChI=1S/C24H29N9O2S/c1-17-15-32(13-12-25-17)20-10-8-19(9-11-20)27-24-26-14-21-23(28-24)33(30-29-21)16-18-6-4-5-7-22(18)31(2)36(3,34)35/h4-11,14,17,25H,12-13,15-16H2,1-3H3,(H,26,27,28)/t17-/m1/s1. The first kappa shape index (κ1) is 23.9. The zero-order chi connectivity index (χ0) is 25.3. The van der Waals surface area contributed by atoms with Crippen LogP contribution >= 0.6 is 0 Å². The first-order chi connectivity index (χ1) is 17.3. The molecule has 188 valence electrons. The lowest BCUT2D eigenvalue weighted by atomic mass is 10.2. The second kappa shape index (κ2) is 9.70. The van der Waals surface area contributed by atoms with E-state index in [1.165, 1.54) is 23.3 Å². The van der Waals surface area contributed by atoms with Crippen molar-refractivity contribution in [3.8, 4) is 0 Å². The van der Waals surface area contributed by atoms with Crippen LogP contribution in [0.2, 0.25) is 0 Å². The van der Waals surface area contributed by atoms with Gasteiger partial charge in [0, 0.05) is 44.1 Å². The van der Waals surface area contributed by atoms with Gasteiger partial charge in [-0.05, 0) is 42.8 Å². The van der Waals surface area contributed by atoms with Crippen molar-refractivity contribution in [1.29, 1.82) is 0 Å². The topological polar surface area (TPSA) is 121 Å². The summed E-state index contributed by atoms with van der Waals surface area (Å²) in [4.78, 5) is 11.4. The summed E-state index contributed by atoms with van der Waals surface area (Å²) in [5, 5.41) is 15.1. The molecular weight excluding hydrogens is 478 g/mol. The van der Waals surface area contributed by atoms with E-state index in [4.69, 9.17) is 0 Å². The number of anilines is 4. The van der Waals surface area contributed by atoms with Crippen LogP contribution in [0, 0.1) is 0 Å². The second-order valence-corrected chi connectivity index (χ2v) is 11.0. The third-order valence-corrected chi connectivity index (χ3v) is 7.45. The average molecular weight is 508 g/mol. The van der Waals surface area contributed by atoms with Gasteiger partial charge in [0.1, 0.15) is 0 Å². The summed E-state index contributed by atoms with van der Waals surface area (Å²) < 4.78 is 27.1. The molecule has 0 unspecified atom stereocenters. The molecule has 2 aromatic heterocycles. The molecule has 0 radical (unpaired) electrons. The average Bonchev–Trinajstić information content (AvgIpc) is 3.26. The molecule has 2 N–H and O–H groups in total. The molecule has 0 bridgehead atoms. The summed E-state index contributed by atoms with van der Waals surface area (Å²) >= 11 is 0. The van der Waals surface area contributed by atoms with E-state index in [1.54, 1.807) is 23.0 Å². The van der Waals surface area contributed by atoms with Crippen LogP contribution in [-0.2, 0) is 16.6 Å². The molecule has 1 atom stereocenters. The summed E-state index contributed by atoms with van der Waals surface area (Å²) in [6.07, 6.45) is 2.80. The molecule has 1 saturated heterocycles. The summed E-state index contributed by atoms with van der Waals surface area (Å²) in [6.45, 7) is 5.44. The fraction of sp³-hybridized carbons (Fsp3) is 0.333. The van der Waals surface area contributed by atoms with Crippen LogP contribution in [0.3, 0.4) is 0 Å². The lowest BCUT2D eigenvalue weighted by molar-refractivity contribution is 0.485. The Bertz CT molecular complexity index is 1470. The number of nitrogens with one attached hydrogen (secondary N) is 2. The molecule has 11 nitrogen and oxygen atoms in total. The molecule has 0 amide bonds. The smallest absolute Gasteiger partial charge is 0.232 e. The number of nitrogens with zero attached hydrogens (tertiary/aromatic N) is 7. The molecule has 0 saturated carbocycles. The predicted molar refractivity (Wildman–Crippen MR) is 141 cm³/mol. The Labute approximate surface area is 210 Å². The molecule has 1 aliphatic rings. The maximum absolute atomic E-state index is 12.1. The highest BCUT2D eigenvalue weighted by Crippen LogP contribution is 2.24. The summed E-state index contributed by atoms with van der Waals surface area (Å²) in [6, 6.07) is 16.0. The van der Waals surface area contributed by atoms with Crippen molar-refractivity contribution in [2.24, 2.45) is 0 Å². The highest BCUT2D eigenvalue weighted by molar-refractivity contribution is 7.92. The molecule has 12 heteroatoms. The van der Waals surface area contributed by atoms with Crippen LogP contribution in [-0.4, -0.2) is 72.4 Å². The summed E-state index contributed by atoms with van der Waals surface area (Å²) in [5.41, 5.74) is 4.53. The number of para-hydroxylation sites is 1. The van der Waals surface area contributed by atoms with E-state index >= 15 is 0 Å². The van der Waals surface area contributed by atoms with E-state index in [2.05, 4.69) is 54.9 Å². The van der Waals surface area contributed by atoms with Crippen molar-refractivity contribution in [3.05, 3.63) is 60.3 Å². The number of piperazine rings is 1. The molecule has 2 aromatic carbocycles. The van der Waals surface area contributed by atoms with Crippen molar-refractivity contribution < 1.29 is 8.42 Å². The van der Waals surface area contributed by atoms with Crippen LogP contribution in [0.5, 0.6) is 0 Å². The number of sulfonamides is 1. The molecule has 36 heavy (non-hydrogen) atoms. The maximum atomic E-state index is 12.1. The van der Waals surface area contributed by atoms with Crippen LogP contribution in [0.25, 0.3) is 11.2 Å². The number of hydrogen-bond acceptors (Lipinski definition) is 9. The fourth-order valence-electron chi connectivity index (χ4n) is 4.28. The van der Waals surface area contributed by atoms with Gasteiger partial charge < -0.3 is 15.5 Å². The number of benzene rings is 2. The Morgan fingerprint density at radius 2 is 1.94 bits per heavy atom. The number of rotatable bonds is 7. The number of hydrogen-bond donors (Lipinski definition) is 2. The van der Waals surface area contributed by atoms with Crippen LogP contribution < -0.4 is 19.8 Å². The van der Waals surface area contributed by atoms with Gasteiger partial charge in [-0.25, -0.2) is 18.1 Å². The van der Waals surface area contributed by atoms with Crippen molar-refractivity contribution in [3.63, 3.8) is 0 Å². The van der Waals surface area contributed by atoms with Gasteiger partial charge >= 0.3 is 0 Å². The Hall–Kier alpha value is -3.77. The van der Waals surface area contributed by atoms with Crippen LogP contribution in [0.15, 0.2) is 54.7 Å². The largest absolute Gasteiger partial charge is 0.369 e. The van der Waals surface area contributed by atoms with E-state index in [1.807, 2.05) is 24.3 Å². The summed E-state index contributed by atoms with van der Waals surface area (Å²) in [7, 11) is -1.87. The Kier molecular flexibility index (Phi) is 6.46. The number of fused-ring (bicyclic) bond motifs is 1. The minimum Gasteiger partial charge on any atom is -0.369 e. The van der Waals surface area contributed by atoms with Gasteiger partial charge in [0.15, 0.2) is 11.2 Å². The van der Waals surface area contributed by atoms with Gasteiger partial charge in [0.05, 0.1) is 24.7 Å². The van der Waals surface area contributed by atoms with Crippen molar-refractivity contribution in [2.45, 2.75) is 19.5 Å². The van der Waals surface area contributed by atoms with E-state index in [-0.39, 0.29) is 0 Å². The Morgan fingerprint density at radius 1 is 1.17 bits per heavy atom. The minimum absolute atomic E-state index is 0.306. The molecular formula is C24H29N9O2S. The molecule has 4 aromatic rings. The van der Waals surface area contributed by atoms with Gasteiger partial charge in [-0.3, -0.25) is 4.31 Å². The van der Waals surface area contributed by atoms with Crippen LogP contribution in [0.1, 0.15) is 12.5 Å². The molecule has 0 aliphatic carbocycles. The minimum atomic E-state index is -3.41. The molecule has 3 heterocycles. The van der Waals surface area contributed by atoms with Gasteiger partial charge in [-0.2, -0.15) is 4.98 Å². The van der Waals surface area contributed by atoms with Gasteiger partial charge in [0.2, 0.25) is 16.0 Å². The molecule has 1 aliphatic heterocycles. The predicted octanol–water partition coefficient (Wildman–Crippen LogP) is 2.21. The highest BCUT2D eigenvalue weighted by Gasteiger charge is 2.18. The Balaban J connectivity index is 1.36. The van der Waals surface area contributed by atoms with Crippen LogP contribution in [0.4, 0.5) is 23.0 Å². The third-order valence-electron chi connectivity index (χ3n) is 6.26. The normalized spacial score (nSPS) is 16.3. The molecule has 5 rings (SSSR count). The zero-order valence-corrected chi connectivity index (χ0v) is 21.3. The van der Waals surface area contributed by atoms with Crippen molar-refractivity contribution >= 4 is 44.2 Å². The monoisotopic (exact) mass is 507 g/mol. The van der Waals surface area contributed by atoms with E-state index < -0.39 is 10.0 Å². The zero-order valence-electron chi connectivity index (χ0n) is 20.5. The Morgan fingerprint density at radius 3 is 2.69 bits per heavy atom. The highest BCUT2D eigenvalue weighted by atomic mass is 32.2. The second-order valence-electron chi connectivity index (χ2n) is 8.98. The van der Waals surface area contributed by atoms with E-state index in [9.17, 15) is 8.42 Å². The first-order valence-corrected chi connectivity index (χ1v) is 13.6.